The summed E-state index contributed by atoms with van der Waals surface area (Å²) in [5, 5.41) is 14.5. The molecule has 1 heterocycles. The van der Waals surface area contributed by atoms with Crippen molar-refractivity contribution in [3.05, 3.63) is 28.8 Å². The van der Waals surface area contributed by atoms with Gasteiger partial charge in [-0.2, -0.15) is 0 Å². The summed E-state index contributed by atoms with van der Waals surface area (Å²) < 4.78 is 28.6. The number of nitrogens with two attached hydrogens (primary N) is 1. The van der Waals surface area contributed by atoms with E-state index < -0.39 is 27.9 Å². The summed E-state index contributed by atoms with van der Waals surface area (Å²) in [5.41, 5.74) is 1.13. The normalized spacial score (nSPS) is 21.1. The van der Waals surface area contributed by atoms with Gasteiger partial charge in [0.15, 0.2) is 0 Å². The minimum absolute atomic E-state index is 0.0881. The van der Waals surface area contributed by atoms with E-state index >= 15 is 0 Å². The maximum Gasteiger partial charge on any atom is 0.326 e. The smallest absolute Gasteiger partial charge is 0.326 e. The largest absolute Gasteiger partial charge is 0.480 e. The highest BCUT2D eigenvalue weighted by Gasteiger charge is 2.40. The fourth-order valence-corrected chi connectivity index (χ4v) is 3.72. The van der Waals surface area contributed by atoms with Gasteiger partial charge in [0.05, 0.1) is 11.0 Å². The second-order valence-corrected chi connectivity index (χ2v) is 7.40. The second kappa shape index (κ2) is 6.50. The van der Waals surface area contributed by atoms with Gasteiger partial charge in [0.2, 0.25) is 10.0 Å². The minimum atomic E-state index is -3.99. The van der Waals surface area contributed by atoms with Crippen LogP contribution in [0.4, 0.5) is 0 Å². The number of rotatable bonds is 4. The first-order chi connectivity index (χ1) is 11.1. The van der Waals surface area contributed by atoms with Crippen LogP contribution in [0.1, 0.15) is 27.9 Å². The van der Waals surface area contributed by atoms with Crippen molar-refractivity contribution >= 4 is 21.9 Å². The number of likely N-dealkylation sites (tertiary alicyclic amines) is 1. The molecule has 0 aromatic heterocycles. The fraction of sp³-hybridized carbons (Fsp3) is 0.467. The summed E-state index contributed by atoms with van der Waals surface area (Å²) >= 11 is 0. The van der Waals surface area contributed by atoms with Crippen LogP contribution < -0.4 is 5.14 Å². The number of methoxy groups -OCH3 is 1. The highest BCUT2D eigenvalue weighted by atomic mass is 32.2. The number of amides is 1. The highest BCUT2D eigenvalue weighted by Crippen LogP contribution is 2.26. The van der Waals surface area contributed by atoms with Gasteiger partial charge in [-0.25, -0.2) is 18.4 Å². The molecule has 1 aliphatic rings. The molecule has 0 saturated carbocycles. The minimum Gasteiger partial charge on any atom is -0.480 e. The van der Waals surface area contributed by atoms with Crippen LogP contribution in [0.2, 0.25) is 0 Å². The molecule has 1 aliphatic heterocycles. The molecule has 2 rings (SSSR count). The Bertz CT molecular complexity index is 789. The summed E-state index contributed by atoms with van der Waals surface area (Å²) in [7, 11) is -2.54. The Morgan fingerprint density at radius 2 is 1.96 bits per heavy atom. The van der Waals surface area contributed by atoms with E-state index in [1.807, 2.05) is 0 Å². The molecular weight excluding hydrogens is 336 g/mol. The van der Waals surface area contributed by atoms with Gasteiger partial charge in [-0.3, -0.25) is 4.79 Å². The quantitative estimate of drug-likeness (QED) is 0.797. The number of benzene rings is 1. The van der Waals surface area contributed by atoms with E-state index in [1.165, 1.54) is 24.1 Å². The van der Waals surface area contributed by atoms with Crippen molar-refractivity contribution < 1.29 is 27.9 Å². The first kappa shape index (κ1) is 18.4. The zero-order valence-corrected chi connectivity index (χ0v) is 14.5. The number of ether oxygens (including phenoxy) is 1. The van der Waals surface area contributed by atoms with Crippen LogP contribution in [0, 0.1) is 13.8 Å². The van der Waals surface area contributed by atoms with Gasteiger partial charge in [-0.15, -0.1) is 0 Å². The van der Waals surface area contributed by atoms with Gasteiger partial charge in [-0.05, 0) is 37.1 Å². The van der Waals surface area contributed by atoms with E-state index in [0.29, 0.717) is 11.1 Å². The van der Waals surface area contributed by atoms with E-state index in [9.17, 15) is 23.1 Å². The molecule has 3 N–H and O–H groups in total. The average Bonchev–Trinajstić information content (AvgIpc) is 2.92. The number of carboxylic acids is 1. The molecule has 8 nitrogen and oxygen atoms in total. The van der Waals surface area contributed by atoms with E-state index in [2.05, 4.69) is 0 Å². The van der Waals surface area contributed by atoms with Crippen molar-refractivity contribution in [2.24, 2.45) is 5.14 Å². The zero-order valence-electron chi connectivity index (χ0n) is 13.6. The van der Waals surface area contributed by atoms with Gasteiger partial charge in [0, 0.05) is 25.6 Å². The molecule has 2 unspecified atom stereocenters. The maximum atomic E-state index is 12.7. The summed E-state index contributed by atoms with van der Waals surface area (Å²) in [5.74, 6) is -1.69. The number of nitrogens with zero attached hydrogens (tertiary/aromatic N) is 1. The predicted octanol–water partition coefficient (Wildman–Crippen LogP) is 0.265. The molecule has 0 spiro atoms. The second-order valence-electron chi connectivity index (χ2n) is 5.87. The van der Waals surface area contributed by atoms with E-state index in [-0.39, 0.29) is 29.5 Å². The lowest BCUT2D eigenvalue weighted by atomic mass is 10.0. The topological polar surface area (TPSA) is 127 Å². The molecule has 1 aromatic rings. The van der Waals surface area contributed by atoms with Gasteiger partial charge >= 0.3 is 5.97 Å². The number of aryl methyl sites for hydroxylation is 1. The van der Waals surface area contributed by atoms with Crippen LogP contribution in [0.15, 0.2) is 17.0 Å². The number of carbonyl (C=O) groups excluding carboxylic acids is 1. The average molecular weight is 356 g/mol. The molecular formula is C15H20N2O6S. The number of primary sulfonamides is 1. The third-order valence-corrected chi connectivity index (χ3v) is 5.35. The molecule has 1 amide bonds. The number of aliphatic carboxylic acids is 1. The van der Waals surface area contributed by atoms with Crippen molar-refractivity contribution in [1.29, 1.82) is 0 Å². The predicted molar refractivity (Wildman–Crippen MR) is 85.2 cm³/mol. The number of carbonyl (C=O) groups is 2. The number of sulfonamides is 1. The number of carboxylic acid groups (broad SMARTS) is 1. The molecule has 24 heavy (non-hydrogen) atoms. The monoisotopic (exact) mass is 356 g/mol. The third kappa shape index (κ3) is 3.42. The number of hydrogen-bond acceptors (Lipinski definition) is 5. The van der Waals surface area contributed by atoms with Gasteiger partial charge in [0.25, 0.3) is 5.91 Å². The Morgan fingerprint density at radius 1 is 1.33 bits per heavy atom. The lowest BCUT2D eigenvalue weighted by Crippen LogP contribution is -2.40. The summed E-state index contributed by atoms with van der Waals surface area (Å²) in [6.45, 7) is 3.39. The van der Waals surface area contributed by atoms with E-state index in [1.54, 1.807) is 13.8 Å². The Balaban J connectivity index is 2.46. The maximum absolute atomic E-state index is 12.7. The molecule has 9 heteroatoms. The highest BCUT2D eigenvalue weighted by molar-refractivity contribution is 7.89. The Kier molecular flexibility index (Phi) is 4.97. The molecule has 1 saturated heterocycles. The van der Waals surface area contributed by atoms with Crippen LogP contribution in [-0.2, 0) is 19.6 Å². The lowest BCUT2D eigenvalue weighted by Gasteiger charge is -2.22. The van der Waals surface area contributed by atoms with Crippen molar-refractivity contribution in [3.63, 3.8) is 0 Å². The molecule has 1 aromatic carbocycles. The first-order valence-electron chi connectivity index (χ1n) is 7.27. The van der Waals surface area contributed by atoms with Crippen molar-refractivity contribution in [3.8, 4) is 0 Å². The molecule has 1 fully saturated rings. The fourth-order valence-electron chi connectivity index (χ4n) is 2.84. The van der Waals surface area contributed by atoms with E-state index in [0.717, 1.165) is 0 Å². The SMILES string of the molecule is COC1CC(C(=O)O)N(C(=O)c2cc(C)c(C)c(S(N)(=O)=O)c2)C1. The molecule has 0 bridgehead atoms. The van der Waals surface area contributed by atoms with Crippen molar-refractivity contribution in [1.82, 2.24) is 4.90 Å². The molecule has 132 valence electrons. The van der Waals surface area contributed by atoms with Crippen LogP contribution in [0.5, 0.6) is 0 Å². The van der Waals surface area contributed by atoms with Crippen molar-refractivity contribution in [2.75, 3.05) is 13.7 Å². The van der Waals surface area contributed by atoms with Crippen LogP contribution in [0.3, 0.4) is 0 Å². The standard InChI is InChI=1S/C15H20N2O6S/c1-8-4-10(5-13(9(8)2)24(16,21)22)14(18)17-7-11(23-3)6-12(17)15(19)20/h4-5,11-12H,6-7H2,1-3H3,(H,19,20)(H2,16,21,22). The van der Waals surface area contributed by atoms with Crippen LogP contribution >= 0.6 is 0 Å². The number of hydrogen-bond donors (Lipinski definition) is 2. The van der Waals surface area contributed by atoms with Gasteiger partial charge in [-0.1, -0.05) is 0 Å². The first-order valence-corrected chi connectivity index (χ1v) is 8.81. The van der Waals surface area contributed by atoms with E-state index in [4.69, 9.17) is 9.88 Å². The van der Waals surface area contributed by atoms with Gasteiger partial charge < -0.3 is 14.7 Å². The summed E-state index contributed by atoms with van der Waals surface area (Å²) in [4.78, 5) is 25.2. The lowest BCUT2D eigenvalue weighted by molar-refractivity contribution is -0.141. The zero-order chi connectivity index (χ0) is 18.2. The van der Waals surface area contributed by atoms with Crippen molar-refractivity contribution in [2.45, 2.75) is 37.3 Å². The van der Waals surface area contributed by atoms with Crippen LogP contribution in [-0.4, -0.2) is 56.1 Å². The Morgan fingerprint density at radius 3 is 2.46 bits per heavy atom. The third-order valence-electron chi connectivity index (χ3n) is 4.32. The Labute approximate surface area is 140 Å². The summed E-state index contributed by atoms with van der Waals surface area (Å²) in [6, 6.07) is 1.71. The molecule has 2 atom stereocenters. The Hall–Kier alpha value is -1.97. The molecule has 0 radical (unpaired) electrons. The van der Waals surface area contributed by atoms with Gasteiger partial charge in [0.1, 0.15) is 6.04 Å². The molecule has 0 aliphatic carbocycles. The summed E-state index contributed by atoms with van der Waals surface area (Å²) in [6.07, 6.45) is -0.191. The van der Waals surface area contributed by atoms with Crippen LogP contribution in [0.25, 0.3) is 0 Å².